The molecule has 0 aliphatic heterocycles. The first-order valence-corrected chi connectivity index (χ1v) is 6.54. The van der Waals surface area contributed by atoms with E-state index in [4.69, 9.17) is 0 Å². The average Bonchev–Trinajstić information content (AvgIpc) is 2.86. The van der Waals surface area contributed by atoms with E-state index in [0.29, 0.717) is 11.0 Å². The van der Waals surface area contributed by atoms with Crippen LogP contribution in [0.4, 0.5) is 4.39 Å². The minimum Gasteiger partial charge on any atom is -0.313 e. The van der Waals surface area contributed by atoms with Crippen molar-refractivity contribution in [2.75, 3.05) is 6.54 Å². The Bertz CT molecular complexity index is 487. The fraction of sp³-hybridized carbons (Fsp3) is 0.333. The van der Waals surface area contributed by atoms with E-state index in [2.05, 4.69) is 31.6 Å². The molecule has 0 saturated carbocycles. The molecule has 0 aliphatic carbocycles. The van der Waals surface area contributed by atoms with Crippen molar-refractivity contribution < 1.29 is 4.39 Å². The van der Waals surface area contributed by atoms with Crippen LogP contribution in [0.3, 0.4) is 0 Å². The average molecular weight is 313 g/mol. The normalized spacial score (nSPS) is 10.8. The molecule has 1 aromatic carbocycles. The van der Waals surface area contributed by atoms with Crippen LogP contribution < -0.4 is 5.32 Å². The fourth-order valence-corrected chi connectivity index (χ4v) is 1.85. The summed E-state index contributed by atoms with van der Waals surface area (Å²) in [7, 11) is 0. The highest BCUT2D eigenvalue weighted by Gasteiger charge is 2.00. The molecular formula is C12H14BrFN4. The highest BCUT2D eigenvalue weighted by atomic mass is 79.9. The Kier molecular flexibility index (Phi) is 4.83. The molecule has 18 heavy (non-hydrogen) atoms. The molecule has 1 aromatic heterocycles. The first-order chi connectivity index (χ1) is 8.75. The zero-order chi connectivity index (χ0) is 12.8. The van der Waals surface area contributed by atoms with Gasteiger partial charge in [-0.1, -0.05) is 11.3 Å². The Morgan fingerprint density at radius 3 is 3.00 bits per heavy atom. The number of hydrogen-bond donors (Lipinski definition) is 1. The van der Waals surface area contributed by atoms with E-state index < -0.39 is 0 Å². The van der Waals surface area contributed by atoms with Gasteiger partial charge in [0.15, 0.2) is 0 Å². The second-order valence-electron chi connectivity index (χ2n) is 3.94. The van der Waals surface area contributed by atoms with Gasteiger partial charge < -0.3 is 5.32 Å². The van der Waals surface area contributed by atoms with Crippen LogP contribution in [0.2, 0.25) is 0 Å². The summed E-state index contributed by atoms with van der Waals surface area (Å²) in [6.45, 7) is 2.36. The monoisotopic (exact) mass is 312 g/mol. The molecule has 1 heterocycles. The SMILES string of the molecule is Fc1cc(CNCCCn2ccnn2)ccc1Br. The van der Waals surface area contributed by atoms with Crippen LogP contribution in [-0.2, 0) is 13.1 Å². The van der Waals surface area contributed by atoms with Crippen LogP contribution in [-0.4, -0.2) is 21.5 Å². The number of aryl methyl sites for hydroxylation is 1. The van der Waals surface area contributed by atoms with Gasteiger partial charge in [0.05, 0.1) is 10.7 Å². The van der Waals surface area contributed by atoms with Crippen LogP contribution in [0.5, 0.6) is 0 Å². The Hall–Kier alpha value is -1.27. The topological polar surface area (TPSA) is 42.7 Å². The molecule has 0 saturated heterocycles. The Balaban J connectivity index is 1.67. The summed E-state index contributed by atoms with van der Waals surface area (Å²) >= 11 is 3.13. The van der Waals surface area contributed by atoms with Crippen LogP contribution >= 0.6 is 15.9 Å². The van der Waals surface area contributed by atoms with Crippen molar-refractivity contribution in [1.29, 1.82) is 0 Å². The van der Waals surface area contributed by atoms with Crippen LogP contribution in [0, 0.1) is 5.82 Å². The lowest BCUT2D eigenvalue weighted by atomic mass is 10.2. The van der Waals surface area contributed by atoms with E-state index >= 15 is 0 Å². The van der Waals surface area contributed by atoms with Gasteiger partial charge in [-0.25, -0.2) is 4.39 Å². The first kappa shape index (κ1) is 13.2. The van der Waals surface area contributed by atoms with E-state index in [0.717, 1.165) is 25.1 Å². The van der Waals surface area contributed by atoms with Crippen molar-refractivity contribution in [2.45, 2.75) is 19.5 Å². The lowest BCUT2D eigenvalue weighted by Crippen LogP contribution is -2.16. The third-order valence-electron chi connectivity index (χ3n) is 2.53. The molecule has 2 aromatic rings. The van der Waals surface area contributed by atoms with Gasteiger partial charge in [-0.2, -0.15) is 0 Å². The van der Waals surface area contributed by atoms with E-state index in [-0.39, 0.29) is 5.82 Å². The smallest absolute Gasteiger partial charge is 0.137 e. The molecule has 1 N–H and O–H groups in total. The maximum Gasteiger partial charge on any atom is 0.137 e. The predicted molar refractivity (Wildman–Crippen MR) is 70.4 cm³/mol. The van der Waals surface area contributed by atoms with E-state index in [1.165, 1.54) is 6.07 Å². The molecule has 96 valence electrons. The number of nitrogens with zero attached hydrogens (tertiary/aromatic N) is 3. The standard InChI is InChI=1S/C12H14BrFN4/c13-11-3-2-10(8-12(11)14)9-15-4-1-6-18-7-5-16-17-18/h2-3,5,7-8,15H,1,4,6,9H2. The summed E-state index contributed by atoms with van der Waals surface area (Å²) in [6.07, 6.45) is 4.46. The third kappa shape index (κ3) is 3.89. The van der Waals surface area contributed by atoms with Gasteiger partial charge in [0.2, 0.25) is 0 Å². The molecule has 0 fully saturated rings. The highest BCUT2D eigenvalue weighted by molar-refractivity contribution is 9.10. The molecule has 0 atom stereocenters. The molecule has 4 nitrogen and oxygen atoms in total. The summed E-state index contributed by atoms with van der Waals surface area (Å²) in [5.41, 5.74) is 0.941. The minimum atomic E-state index is -0.225. The maximum absolute atomic E-state index is 13.2. The van der Waals surface area contributed by atoms with Gasteiger partial charge in [-0.15, -0.1) is 5.10 Å². The third-order valence-corrected chi connectivity index (χ3v) is 3.17. The van der Waals surface area contributed by atoms with Crippen molar-refractivity contribution in [3.05, 3.63) is 46.4 Å². The van der Waals surface area contributed by atoms with E-state index in [1.807, 2.05) is 12.3 Å². The van der Waals surface area contributed by atoms with Crippen molar-refractivity contribution >= 4 is 15.9 Å². The van der Waals surface area contributed by atoms with Crippen LogP contribution in [0.1, 0.15) is 12.0 Å². The summed E-state index contributed by atoms with van der Waals surface area (Å²) in [4.78, 5) is 0. The molecule has 0 aliphatic rings. The molecule has 2 rings (SSSR count). The predicted octanol–water partition coefficient (Wildman–Crippen LogP) is 2.36. The van der Waals surface area contributed by atoms with E-state index in [9.17, 15) is 4.39 Å². The first-order valence-electron chi connectivity index (χ1n) is 5.74. The lowest BCUT2D eigenvalue weighted by molar-refractivity contribution is 0.529. The summed E-state index contributed by atoms with van der Waals surface area (Å²) < 4.78 is 15.5. The Morgan fingerprint density at radius 2 is 2.28 bits per heavy atom. The second kappa shape index (κ2) is 6.61. The summed E-state index contributed by atoms with van der Waals surface area (Å²) in [5, 5.41) is 10.9. The lowest BCUT2D eigenvalue weighted by Gasteiger charge is -2.05. The summed E-state index contributed by atoms with van der Waals surface area (Å²) in [5.74, 6) is -0.225. The molecule has 0 bridgehead atoms. The highest BCUT2D eigenvalue weighted by Crippen LogP contribution is 2.16. The molecule has 0 amide bonds. The molecule has 0 spiro atoms. The maximum atomic E-state index is 13.2. The minimum absolute atomic E-state index is 0.225. The molecule has 6 heteroatoms. The van der Waals surface area contributed by atoms with Crippen molar-refractivity contribution in [3.63, 3.8) is 0 Å². The molecule has 0 unspecified atom stereocenters. The number of benzene rings is 1. The molecular weight excluding hydrogens is 299 g/mol. The van der Waals surface area contributed by atoms with Crippen LogP contribution in [0.15, 0.2) is 35.1 Å². The van der Waals surface area contributed by atoms with Gasteiger partial charge in [0.1, 0.15) is 5.82 Å². The van der Waals surface area contributed by atoms with Gasteiger partial charge in [-0.3, -0.25) is 4.68 Å². The van der Waals surface area contributed by atoms with Crippen molar-refractivity contribution in [2.24, 2.45) is 0 Å². The van der Waals surface area contributed by atoms with Crippen LogP contribution in [0.25, 0.3) is 0 Å². The van der Waals surface area contributed by atoms with Crippen molar-refractivity contribution in [3.8, 4) is 0 Å². The van der Waals surface area contributed by atoms with Gasteiger partial charge in [0.25, 0.3) is 0 Å². The number of hydrogen-bond acceptors (Lipinski definition) is 3. The largest absolute Gasteiger partial charge is 0.313 e. The number of rotatable bonds is 6. The fourth-order valence-electron chi connectivity index (χ4n) is 1.60. The second-order valence-corrected chi connectivity index (χ2v) is 4.80. The van der Waals surface area contributed by atoms with Gasteiger partial charge >= 0.3 is 0 Å². The van der Waals surface area contributed by atoms with Gasteiger partial charge in [0, 0.05) is 19.3 Å². The number of aromatic nitrogens is 3. The van der Waals surface area contributed by atoms with E-state index in [1.54, 1.807) is 16.9 Å². The summed E-state index contributed by atoms with van der Waals surface area (Å²) in [6, 6.07) is 5.16. The zero-order valence-corrected chi connectivity index (χ0v) is 11.4. The van der Waals surface area contributed by atoms with Gasteiger partial charge in [-0.05, 0) is 46.6 Å². The molecule has 0 radical (unpaired) electrons. The Morgan fingerprint density at radius 1 is 1.39 bits per heavy atom. The quantitative estimate of drug-likeness (QED) is 0.833. The number of nitrogens with one attached hydrogen (secondary N) is 1. The zero-order valence-electron chi connectivity index (χ0n) is 9.81. The Labute approximate surface area is 113 Å². The van der Waals surface area contributed by atoms with Crippen molar-refractivity contribution in [1.82, 2.24) is 20.3 Å². The number of halogens is 2.